The Hall–Kier alpha value is -4.54. The van der Waals surface area contributed by atoms with Crippen LogP contribution in [-0.4, -0.2) is 18.8 Å². The molecule has 0 bridgehead atoms. The summed E-state index contributed by atoms with van der Waals surface area (Å²) < 4.78 is 2.88. The van der Waals surface area contributed by atoms with E-state index in [1.807, 2.05) is 0 Å². The van der Waals surface area contributed by atoms with Gasteiger partial charge in [0.1, 0.15) is 0 Å². The molecule has 0 N–H and O–H groups in total. The summed E-state index contributed by atoms with van der Waals surface area (Å²) in [7, 11) is 0. The standard InChI is InChI=1S/C60H69BN2S/c1-36-19-24-52-42(29-36)54-55(64-52)61-47-34-45-46(60(12,13)28-27-59(45,10)11)35-49(47)62(40-21-22-43-44(33-40)58(8,9)26-25-57(43,6)7)50-30-37(2)31-51(53(50)61)63(54)48-23-20-39(56(3,4)5)32-41(48)38-17-15-14-16-18-38/h14-24,29-32,34-35,40-41,48H,25-28,33H2,1-13H3. The summed E-state index contributed by atoms with van der Waals surface area (Å²) in [5, 5.41) is 1.39. The highest BCUT2D eigenvalue weighted by atomic mass is 32.1. The molecule has 4 aliphatic carbocycles. The van der Waals surface area contributed by atoms with Crippen LogP contribution in [0.15, 0.2) is 120 Å². The number of rotatable bonds is 3. The summed E-state index contributed by atoms with van der Waals surface area (Å²) in [5.74, 6) is 0.172. The normalized spacial score (nSPS) is 24.5. The predicted molar refractivity (Wildman–Crippen MR) is 279 cm³/mol. The van der Waals surface area contributed by atoms with Crippen molar-refractivity contribution in [2.45, 2.75) is 151 Å². The van der Waals surface area contributed by atoms with Crippen molar-refractivity contribution < 1.29 is 0 Å². The molecule has 0 fully saturated rings. The molecule has 64 heavy (non-hydrogen) atoms. The first-order valence-corrected chi connectivity index (χ1v) is 25.3. The second kappa shape index (κ2) is 14.0. The predicted octanol–water partition coefficient (Wildman–Crippen LogP) is 14.5. The lowest BCUT2D eigenvalue weighted by molar-refractivity contribution is 0.256. The van der Waals surface area contributed by atoms with Crippen LogP contribution < -0.4 is 25.5 Å². The Bertz CT molecular complexity index is 2900. The van der Waals surface area contributed by atoms with Crippen LogP contribution in [0.4, 0.5) is 22.7 Å². The summed E-state index contributed by atoms with van der Waals surface area (Å²) in [6, 6.07) is 29.4. The van der Waals surface area contributed by atoms with Crippen LogP contribution in [0.25, 0.3) is 10.1 Å². The van der Waals surface area contributed by atoms with Crippen molar-refractivity contribution in [3.05, 3.63) is 148 Å². The van der Waals surface area contributed by atoms with Gasteiger partial charge in [0.2, 0.25) is 0 Å². The quantitative estimate of drug-likeness (QED) is 0.167. The van der Waals surface area contributed by atoms with Crippen LogP contribution in [0.3, 0.4) is 0 Å². The van der Waals surface area contributed by atoms with Crippen molar-refractivity contribution in [1.82, 2.24) is 0 Å². The molecule has 11 rings (SSSR count). The lowest BCUT2D eigenvalue weighted by Gasteiger charge is -2.51. The van der Waals surface area contributed by atoms with Gasteiger partial charge in [-0.1, -0.05) is 160 Å². The van der Waals surface area contributed by atoms with Gasteiger partial charge in [-0.15, -0.1) is 11.3 Å². The van der Waals surface area contributed by atoms with Crippen molar-refractivity contribution in [1.29, 1.82) is 0 Å². The van der Waals surface area contributed by atoms with E-state index >= 15 is 0 Å². The molecule has 2 nitrogen and oxygen atoms in total. The Morgan fingerprint density at radius 2 is 1.31 bits per heavy atom. The monoisotopic (exact) mass is 861 g/mol. The summed E-state index contributed by atoms with van der Waals surface area (Å²) in [4.78, 5) is 5.69. The van der Waals surface area contributed by atoms with Gasteiger partial charge in [0.25, 0.3) is 6.71 Å². The van der Waals surface area contributed by atoms with Crippen LogP contribution in [0.2, 0.25) is 0 Å². The molecule has 0 saturated carbocycles. The van der Waals surface area contributed by atoms with E-state index in [4.69, 9.17) is 0 Å². The number of benzene rings is 4. The smallest absolute Gasteiger partial charge is 0.264 e. The topological polar surface area (TPSA) is 6.48 Å². The number of allylic oxidation sites excluding steroid dienone is 4. The number of hydrogen-bond acceptors (Lipinski definition) is 3. The van der Waals surface area contributed by atoms with Gasteiger partial charge in [0, 0.05) is 37.8 Å². The molecule has 3 atom stereocenters. The molecule has 0 spiro atoms. The van der Waals surface area contributed by atoms with Gasteiger partial charge in [-0.25, -0.2) is 0 Å². The SMILES string of the molecule is Cc1cc2c3c(c1)N(C1C=CC(C(C)(C)C)=CC1c1ccccc1)c1c(sc4ccc(C)cc14)B3c1cc3c(cc1N2C1C=CC2=C(C1)C(C)(C)CCC2(C)C)C(C)(C)CCC3(C)C. The Morgan fingerprint density at radius 3 is 2.02 bits per heavy atom. The average Bonchev–Trinajstić information content (AvgIpc) is 3.61. The highest BCUT2D eigenvalue weighted by Crippen LogP contribution is 2.55. The third-order valence-corrected chi connectivity index (χ3v) is 18.3. The van der Waals surface area contributed by atoms with Crippen molar-refractivity contribution in [3.8, 4) is 0 Å². The highest BCUT2D eigenvalue weighted by molar-refractivity contribution is 7.33. The summed E-state index contributed by atoms with van der Waals surface area (Å²) in [5.41, 5.74) is 21.0. The molecular formula is C60H69BN2S. The van der Waals surface area contributed by atoms with E-state index < -0.39 is 0 Å². The van der Waals surface area contributed by atoms with Crippen molar-refractivity contribution in [2.75, 3.05) is 9.80 Å². The molecule has 0 radical (unpaired) electrons. The molecule has 328 valence electrons. The number of hydrogen-bond donors (Lipinski definition) is 0. The summed E-state index contributed by atoms with van der Waals surface area (Å²) in [6.45, 7) is 31.9. The van der Waals surface area contributed by atoms with E-state index in [1.165, 1.54) is 96.5 Å². The number of anilines is 4. The van der Waals surface area contributed by atoms with E-state index in [0.717, 1.165) is 6.42 Å². The van der Waals surface area contributed by atoms with E-state index in [-0.39, 0.29) is 51.8 Å². The zero-order chi connectivity index (χ0) is 45.0. The highest BCUT2D eigenvalue weighted by Gasteiger charge is 2.51. The first-order chi connectivity index (χ1) is 30.1. The van der Waals surface area contributed by atoms with E-state index in [9.17, 15) is 0 Å². The first-order valence-electron chi connectivity index (χ1n) is 24.5. The third-order valence-electron chi connectivity index (χ3n) is 17.0. The lowest BCUT2D eigenvalue weighted by Crippen LogP contribution is -2.63. The second-order valence-corrected chi connectivity index (χ2v) is 25.5. The molecule has 2 aliphatic heterocycles. The van der Waals surface area contributed by atoms with Crippen LogP contribution in [0.1, 0.15) is 142 Å². The lowest BCUT2D eigenvalue weighted by atomic mass is 9.35. The van der Waals surface area contributed by atoms with Gasteiger partial charge in [-0.3, -0.25) is 0 Å². The van der Waals surface area contributed by atoms with Crippen LogP contribution in [-0.2, 0) is 10.8 Å². The minimum Gasteiger partial charge on any atom is -0.335 e. The molecule has 6 aliphatic rings. The molecule has 4 aromatic carbocycles. The maximum Gasteiger partial charge on any atom is 0.264 e. The molecule has 0 amide bonds. The largest absolute Gasteiger partial charge is 0.335 e. The van der Waals surface area contributed by atoms with Crippen molar-refractivity contribution in [3.63, 3.8) is 0 Å². The van der Waals surface area contributed by atoms with Gasteiger partial charge in [-0.05, 0) is 148 Å². The van der Waals surface area contributed by atoms with Gasteiger partial charge < -0.3 is 9.80 Å². The Morgan fingerprint density at radius 1 is 0.656 bits per heavy atom. The van der Waals surface area contributed by atoms with Gasteiger partial charge in [0.05, 0.1) is 17.8 Å². The minimum absolute atomic E-state index is 0.0397. The van der Waals surface area contributed by atoms with Crippen LogP contribution in [0.5, 0.6) is 0 Å². The maximum atomic E-state index is 2.86. The molecule has 5 aromatic rings. The minimum atomic E-state index is 0.0397. The van der Waals surface area contributed by atoms with E-state index in [1.54, 1.807) is 22.3 Å². The number of thiophene rings is 1. The fraction of sp³-hybridized carbons (Fsp3) is 0.433. The van der Waals surface area contributed by atoms with Crippen molar-refractivity contribution >= 4 is 66.6 Å². The Kier molecular flexibility index (Phi) is 9.21. The maximum absolute atomic E-state index is 2.86. The van der Waals surface area contributed by atoms with Gasteiger partial charge >= 0.3 is 0 Å². The third kappa shape index (κ3) is 6.31. The number of aryl methyl sites for hydroxylation is 2. The van der Waals surface area contributed by atoms with Crippen LogP contribution >= 0.6 is 11.3 Å². The molecular weight excluding hydrogens is 792 g/mol. The molecule has 0 saturated heterocycles. The molecule has 3 unspecified atom stereocenters. The Labute approximate surface area is 389 Å². The average molecular weight is 861 g/mol. The number of nitrogens with zero attached hydrogens (tertiary/aromatic N) is 2. The second-order valence-electron chi connectivity index (χ2n) is 24.4. The first kappa shape index (κ1) is 42.1. The van der Waals surface area contributed by atoms with E-state index in [2.05, 4.69) is 214 Å². The summed E-state index contributed by atoms with van der Waals surface area (Å²) >= 11 is 2.05. The molecule has 3 heterocycles. The zero-order valence-electron chi connectivity index (χ0n) is 41.0. The number of fused-ring (bicyclic) bond motifs is 7. The van der Waals surface area contributed by atoms with Crippen molar-refractivity contribution in [2.24, 2.45) is 16.2 Å². The van der Waals surface area contributed by atoms with E-state index in [0.29, 0.717) is 0 Å². The van der Waals surface area contributed by atoms with Gasteiger partial charge in [0.15, 0.2) is 0 Å². The molecule has 4 heteroatoms. The fourth-order valence-electron chi connectivity index (χ4n) is 13.0. The van der Waals surface area contributed by atoms with Crippen LogP contribution in [0, 0.1) is 30.1 Å². The Balaban J connectivity index is 1.21. The fourth-order valence-corrected chi connectivity index (χ4v) is 14.3. The molecule has 1 aromatic heterocycles. The summed E-state index contributed by atoms with van der Waals surface area (Å²) in [6.07, 6.45) is 18.7. The van der Waals surface area contributed by atoms with Gasteiger partial charge in [-0.2, -0.15) is 0 Å². The zero-order valence-corrected chi connectivity index (χ0v) is 41.8.